The third-order valence-electron chi connectivity index (χ3n) is 20.7. The molecule has 0 amide bonds. The van der Waals surface area contributed by atoms with E-state index in [1.54, 1.807) is 0 Å². The van der Waals surface area contributed by atoms with Gasteiger partial charge in [0.1, 0.15) is 19.3 Å². The van der Waals surface area contributed by atoms with E-state index in [0.29, 0.717) is 25.7 Å². The summed E-state index contributed by atoms with van der Waals surface area (Å²) < 4.78 is 69.0. The van der Waals surface area contributed by atoms with E-state index in [2.05, 4.69) is 41.5 Å². The van der Waals surface area contributed by atoms with Gasteiger partial charge in [0.15, 0.2) is 12.2 Å². The molecule has 17 nitrogen and oxygen atoms in total. The molecule has 5 atom stereocenters. The standard InChI is InChI=1S/C88H172O17P2/c1-7-9-11-13-15-17-19-20-21-22-23-24-25-30-36-42-48-54-60-66-72-87(92)105-84(77-99-86(91)71-65-59-53-47-41-35-31-26-28-33-39-44-50-56-62-68-80(3)4)79-103-107(96,97)101-75-82(89)74-100-106(94,95)102-78-83(76-98-85(90)70-64-58-52-46-38-18-16-14-12-10-8-2)104-88(93)73-67-61-55-49-43-37-32-27-29-34-40-45-51-57-63-69-81(5)6/h80-84,89H,7-79H2,1-6H3,(H,94,95)(H,96,97)/t82-,83+,84+/m0/s1. The Morgan fingerprint density at radius 1 is 0.252 bits per heavy atom. The first-order valence-electron chi connectivity index (χ1n) is 45.5. The molecule has 0 bridgehead atoms. The van der Waals surface area contributed by atoms with Gasteiger partial charge in [0.05, 0.1) is 26.4 Å². The second-order valence-electron chi connectivity index (χ2n) is 32.6. The molecule has 2 unspecified atom stereocenters. The zero-order valence-corrected chi connectivity index (χ0v) is 72.2. The fourth-order valence-corrected chi connectivity index (χ4v) is 15.4. The lowest BCUT2D eigenvalue weighted by atomic mass is 10.0. The van der Waals surface area contributed by atoms with Crippen LogP contribution in [0.4, 0.5) is 0 Å². The van der Waals surface area contributed by atoms with Crippen LogP contribution in [0.5, 0.6) is 0 Å². The number of hydrogen-bond donors (Lipinski definition) is 3. The van der Waals surface area contributed by atoms with Crippen molar-refractivity contribution in [1.29, 1.82) is 0 Å². The van der Waals surface area contributed by atoms with E-state index in [1.807, 2.05) is 0 Å². The Bertz CT molecular complexity index is 2050. The molecule has 0 aliphatic heterocycles. The molecule has 0 saturated carbocycles. The molecule has 3 N–H and O–H groups in total. The van der Waals surface area contributed by atoms with Crippen molar-refractivity contribution in [1.82, 2.24) is 0 Å². The van der Waals surface area contributed by atoms with Crippen molar-refractivity contribution in [2.75, 3.05) is 39.6 Å². The average molecular weight is 1560 g/mol. The molecule has 0 aromatic heterocycles. The normalized spacial score (nSPS) is 13.8. The topological polar surface area (TPSA) is 237 Å². The summed E-state index contributed by atoms with van der Waals surface area (Å²) in [6.07, 6.45) is 72.2. The van der Waals surface area contributed by atoms with Gasteiger partial charge in [-0.05, 0) is 37.5 Å². The van der Waals surface area contributed by atoms with Crippen molar-refractivity contribution in [3.8, 4) is 0 Å². The fourth-order valence-electron chi connectivity index (χ4n) is 13.8. The molecule has 0 rings (SSSR count). The monoisotopic (exact) mass is 1560 g/mol. The van der Waals surface area contributed by atoms with E-state index in [-0.39, 0.29) is 25.7 Å². The van der Waals surface area contributed by atoms with Gasteiger partial charge in [0.25, 0.3) is 0 Å². The Labute approximate surface area is 658 Å². The summed E-state index contributed by atoms with van der Waals surface area (Å²) in [4.78, 5) is 73.3. The SMILES string of the molecule is CCCCCCCCCCCCCCCCCCCCCCC(=O)O[C@H](COC(=O)CCCCCCCCCCCCCCCCCC(C)C)COP(=O)(O)OC[C@@H](O)COP(=O)(O)OC[C@@H](COC(=O)CCCCCCCCCCCCC)OC(=O)CCCCCCCCCCCCCCCCCC(C)C. The van der Waals surface area contributed by atoms with E-state index in [9.17, 15) is 43.2 Å². The van der Waals surface area contributed by atoms with Crippen molar-refractivity contribution < 1.29 is 80.2 Å². The van der Waals surface area contributed by atoms with Crippen LogP contribution >= 0.6 is 15.6 Å². The van der Waals surface area contributed by atoms with Gasteiger partial charge in [0.2, 0.25) is 0 Å². The number of unbranched alkanes of at least 4 members (excludes halogenated alkanes) is 57. The first kappa shape index (κ1) is 105. The number of aliphatic hydroxyl groups excluding tert-OH is 1. The highest BCUT2D eigenvalue weighted by Crippen LogP contribution is 2.45. The maximum Gasteiger partial charge on any atom is 0.472 e. The van der Waals surface area contributed by atoms with Crippen molar-refractivity contribution in [3.05, 3.63) is 0 Å². The van der Waals surface area contributed by atoms with Gasteiger partial charge in [-0.2, -0.15) is 0 Å². The zero-order chi connectivity index (χ0) is 78.5. The molecule has 0 spiro atoms. The summed E-state index contributed by atoms with van der Waals surface area (Å²) in [5, 5.41) is 10.7. The summed E-state index contributed by atoms with van der Waals surface area (Å²) in [5.74, 6) is -0.489. The Balaban J connectivity index is 5.24. The number of esters is 4. The van der Waals surface area contributed by atoms with Crippen LogP contribution in [0.15, 0.2) is 0 Å². The quantitative estimate of drug-likeness (QED) is 0.0222. The number of hydrogen-bond acceptors (Lipinski definition) is 15. The Morgan fingerprint density at radius 2 is 0.430 bits per heavy atom. The second kappa shape index (κ2) is 79.3. The average Bonchev–Trinajstić information content (AvgIpc) is 0.901. The first-order chi connectivity index (χ1) is 51.9. The largest absolute Gasteiger partial charge is 0.472 e. The number of carbonyl (C=O) groups excluding carboxylic acids is 4. The number of phosphoric ester groups is 2. The predicted molar refractivity (Wildman–Crippen MR) is 442 cm³/mol. The highest BCUT2D eigenvalue weighted by atomic mass is 31.2. The van der Waals surface area contributed by atoms with Gasteiger partial charge in [-0.3, -0.25) is 37.3 Å². The lowest BCUT2D eigenvalue weighted by Gasteiger charge is -2.21. The molecule has 0 aromatic carbocycles. The van der Waals surface area contributed by atoms with Crippen LogP contribution in [0.25, 0.3) is 0 Å². The summed E-state index contributed by atoms with van der Waals surface area (Å²) in [6.45, 7) is 9.74. The third kappa shape index (κ3) is 81.9. The first-order valence-corrected chi connectivity index (χ1v) is 48.5. The van der Waals surface area contributed by atoms with Gasteiger partial charge in [-0.25, -0.2) is 9.13 Å². The summed E-state index contributed by atoms with van der Waals surface area (Å²) in [7, 11) is -9.93. The van der Waals surface area contributed by atoms with Crippen molar-refractivity contribution in [2.45, 2.75) is 490 Å². The fraction of sp³-hybridized carbons (Fsp3) is 0.955. The molecule has 107 heavy (non-hydrogen) atoms. The second-order valence-corrected chi connectivity index (χ2v) is 35.5. The maximum atomic E-state index is 13.2. The van der Waals surface area contributed by atoms with Crippen LogP contribution in [-0.4, -0.2) is 96.7 Å². The minimum atomic E-state index is -4.97. The lowest BCUT2D eigenvalue weighted by Crippen LogP contribution is -2.30. The van der Waals surface area contributed by atoms with Crippen LogP contribution in [-0.2, 0) is 65.4 Å². The minimum absolute atomic E-state index is 0.108. The Morgan fingerprint density at radius 3 is 0.636 bits per heavy atom. The summed E-state index contributed by atoms with van der Waals surface area (Å²) in [5.41, 5.74) is 0. The Kier molecular flexibility index (Phi) is 77.9. The van der Waals surface area contributed by atoms with Crippen LogP contribution in [0.1, 0.15) is 472 Å². The van der Waals surface area contributed by atoms with E-state index in [0.717, 1.165) is 102 Å². The molecular formula is C88H172O17P2. The molecular weight excluding hydrogens is 1390 g/mol. The molecule has 636 valence electrons. The molecule has 0 aliphatic rings. The van der Waals surface area contributed by atoms with E-state index < -0.39 is 97.5 Å². The number of ether oxygens (including phenoxy) is 4. The highest BCUT2D eigenvalue weighted by Gasteiger charge is 2.30. The van der Waals surface area contributed by atoms with Crippen LogP contribution in [0.3, 0.4) is 0 Å². The molecule has 0 aliphatic carbocycles. The third-order valence-corrected chi connectivity index (χ3v) is 22.6. The molecule has 0 saturated heterocycles. The lowest BCUT2D eigenvalue weighted by molar-refractivity contribution is -0.161. The summed E-state index contributed by atoms with van der Waals surface area (Å²) in [6, 6.07) is 0. The predicted octanol–water partition coefficient (Wildman–Crippen LogP) is 27.0. The Hall–Kier alpha value is -1.94. The minimum Gasteiger partial charge on any atom is -0.462 e. The van der Waals surface area contributed by atoms with Crippen molar-refractivity contribution in [2.24, 2.45) is 11.8 Å². The van der Waals surface area contributed by atoms with Gasteiger partial charge in [0, 0.05) is 25.7 Å². The molecule has 0 heterocycles. The smallest absolute Gasteiger partial charge is 0.462 e. The number of rotatable bonds is 87. The van der Waals surface area contributed by atoms with Crippen LogP contribution in [0.2, 0.25) is 0 Å². The van der Waals surface area contributed by atoms with Gasteiger partial charge < -0.3 is 33.8 Å². The van der Waals surface area contributed by atoms with Gasteiger partial charge >= 0.3 is 39.5 Å². The maximum absolute atomic E-state index is 13.2. The molecule has 0 aromatic rings. The van der Waals surface area contributed by atoms with Crippen LogP contribution < -0.4 is 0 Å². The van der Waals surface area contributed by atoms with Gasteiger partial charge in [-0.15, -0.1) is 0 Å². The molecule has 19 heteroatoms. The zero-order valence-electron chi connectivity index (χ0n) is 70.5. The van der Waals surface area contributed by atoms with Crippen molar-refractivity contribution >= 4 is 39.5 Å². The highest BCUT2D eigenvalue weighted by molar-refractivity contribution is 7.47. The van der Waals surface area contributed by atoms with Crippen LogP contribution in [0, 0.1) is 11.8 Å². The summed E-state index contributed by atoms with van der Waals surface area (Å²) >= 11 is 0. The number of carbonyl (C=O) groups is 4. The van der Waals surface area contributed by atoms with E-state index in [4.69, 9.17) is 37.0 Å². The number of phosphoric acid groups is 2. The molecule has 0 radical (unpaired) electrons. The van der Waals surface area contributed by atoms with Gasteiger partial charge in [-0.1, -0.05) is 420 Å². The van der Waals surface area contributed by atoms with Crippen molar-refractivity contribution in [3.63, 3.8) is 0 Å². The van der Waals surface area contributed by atoms with E-state index >= 15 is 0 Å². The molecule has 0 fully saturated rings. The number of aliphatic hydroxyl groups is 1. The van der Waals surface area contributed by atoms with E-state index in [1.165, 1.54) is 289 Å².